The quantitative estimate of drug-likeness (QED) is 0.815. The summed E-state index contributed by atoms with van der Waals surface area (Å²) in [5, 5.41) is 0. The molecule has 0 aliphatic rings. The van der Waals surface area contributed by atoms with E-state index in [1.54, 1.807) is 0 Å². The highest BCUT2D eigenvalue weighted by atomic mass is 16.1. The highest BCUT2D eigenvalue weighted by Gasteiger charge is 2.18. The minimum absolute atomic E-state index is 0.172. The standard InChI is InChI=1S/C17H27NO/c1-13-6-5-7-14(2)16(13)12-15(19)8-9-17(3,4)10-11-18/h5-7H,8-12,18H2,1-4H3. The first-order valence-electron chi connectivity index (χ1n) is 7.12. The van der Waals surface area contributed by atoms with Crippen molar-refractivity contribution in [3.8, 4) is 0 Å². The van der Waals surface area contributed by atoms with Crippen LogP contribution in [0.4, 0.5) is 0 Å². The van der Waals surface area contributed by atoms with Crippen molar-refractivity contribution < 1.29 is 4.79 Å². The van der Waals surface area contributed by atoms with Gasteiger partial charge in [0.25, 0.3) is 0 Å². The monoisotopic (exact) mass is 261 g/mol. The lowest BCUT2D eigenvalue weighted by atomic mass is 9.83. The minimum atomic E-state index is 0.172. The van der Waals surface area contributed by atoms with Gasteiger partial charge >= 0.3 is 0 Å². The van der Waals surface area contributed by atoms with Crippen molar-refractivity contribution in [2.75, 3.05) is 6.54 Å². The van der Waals surface area contributed by atoms with E-state index in [0.717, 1.165) is 12.8 Å². The topological polar surface area (TPSA) is 43.1 Å². The molecule has 0 aliphatic carbocycles. The largest absolute Gasteiger partial charge is 0.330 e. The first kappa shape index (κ1) is 15.9. The summed E-state index contributed by atoms with van der Waals surface area (Å²) in [7, 11) is 0. The molecule has 0 saturated carbocycles. The Morgan fingerprint density at radius 3 is 2.26 bits per heavy atom. The van der Waals surface area contributed by atoms with Gasteiger partial charge in [0.2, 0.25) is 0 Å². The lowest BCUT2D eigenvalue weighted by Gasteiger charge is -2.23. The Labute approximate surface area is 117 Å². The predicted molar refractivity (Wildman–Crippen MR) is 81.3 cm³/mol. The van der Waals surface area contributed by atoms with E-state index in [-0.39, 0.29) is 5.41 Å². The summed E-state index contributed by atoms with van der Waals surface area (Å²) in [6, 6.07) is 6.20. The van der Waals surface area contributed by atoms with Crippen LogP contribution < -0.4 is 5.73 Å². The molecule has 0 aromatic heterocycles. The first-order valence-corrected chi connectivity index (χ1v) is 7.12. The maximum Gasteiger partial charge on any atom is 0.137 e. The molecule has 2 nitrogen and oxygen atoms in total. The smallest absolute Gasteiger partial charge is 0.137 e. The summed E-state index contributed by atoms with van der Waals surface area (Å²) in [6.45, 7) is 9.22. The molecule has 106 valence electrons. The van der Waals surface area contributed by atoms with Crippen molar-refractivity contribution in [1.29, 1.82) is 0 Å². The van der Waals surface area contributed by atoms with Gasteiger partial charge in [-0.05, 0) is 55.3 Å². The predicted octanol–water partition coefficient (Wildman–Crippen LogP) is 3.57. The summed E-state index contributed by atoms with van der Waals surface area (Å²) in [6.07, 6.45) is 3.12. The fourth-order valence-corrected chi connectivity index (χ4v) is 2.41. The molecule has 1 rings (SSSR count). The third-order valence-electron chi connectivity index (χ3n) is 3.92. The normalized spacial score (nSPS) is 11.6. The number of hydrogen-bond donors (Lipinski definition) is 1. The van der Waals surface area contributed by atoms with Gasteiger partial charge in [-0.1, -0.05) is 32.0 Å². The number of carbonyl (C=O) groups is 1. The molecule has 0 unspecified atom stereocenters. The van der Waals surface area contributed by atoms with Crippen LogP contribution in [0.3, 0.4) is 0 Å². The molecular weight excluding hydrogens is 234 g/mol. The highest BCUT2D eigenvalue weighted by molar-refractivity contribution is 5.81. The van der Waals surface area contributed by atoms with Crippen molar-refractivity contribution in [2.24, 2.45) is 11.1 Å². The second-order valence-corrected chi connectivity index (χ2v) is 6.29. The van der Waals surface area contributed by atoms with Crippen LogP contribution in [0.5, 0.6) is 0 Å². The van der Waals surface area contributed by atoms with Gasteiger partial charge in [0.1, 0.15) is 5.78 Å². The molecule has 0 amide bonds. The molecule has 1 aromatic rings. The van der Waals surface area contributed by atoms with Crippen molar-refractivity contribution in [2.45, 2.75) is 53.4 Å². The van der Waals surface area contributed by atoms with Gasteiger partial charge in [-0.25, -0.2) is 0 Å². The van der Waals surface area contributed by atoms with E-state index >= 15 is 0 Å². The summed E-state index contributed by atoms with van der Waals surface area (Å²) in [4.78, 5) is 12.1. The summed E-state index contributed by atoms with van der Waals surface area (Å²) >= 11 is 0. The number of nitrogens with two attached hydrogens (primary N) is 1. The molecule has 2 heteroatoms. The molecule has 1 aromatic carbocycles. The maximum absolute atomic E-state index is 12.1. The summed E-state index contributed by atoms with van der Waals surface area (Å²) in [5.41, 5.74) is 9.40. The van der Waals surface area contributed by atoms with Crippen LogP contribution in [0.15, 0.2) is 18.2 Å². The SMILES string of the molecule is Cc1cccc(C)c1CC(=O)CCC(C)(C)CCN. The van der Waals surface area contributed by atoms with Crippen LogP contribution in [0.2, 0.25) is 0 Å². The number of rotatable bonds is 7. The number of Topliss-reactive ketones (excluding diaryl/α,β-unsaturated/α-hetero) is 1. The number of aryl methyl sites for hydroxylation is 2. The molecule has 0 heterocycles. The second-order valence-electron chi connectivity index (χ2n) is 6.29. The van der Waals surface area contributed by atoms with Gasteiger partial charge in [-0.2, -0.15) is 0 Å². The zero-order valence-corrected chi connectivity index (χ0v) is 12.8. The zero-order chi connectivity index (χ0) is 14.5. The Balaban J connectivity index is 2.57. The van der Waals surface area contributed by atoms with Crippen LogP contribution in [0.1, 0.15) is 49.8 Å². The molecule has 0 fully saturated rings. The van der Waals surface area contributed by atoms with Gasteiger partial charge in [-0.15, -0.1) is 0 Å². The van der Waals surface area contributed by atoms with Crippen LogP contribution in [-0.4, -0.2) is 12.3 Å². The Hall–Kier alpha value is -1.15. The van der Waals surface area contributed by atoms with E-state index in [2.05, 4.69) is 39.8 Å². The molecule has 0 radical (unpaired) electrons. The molecule has 19 heavy (non-hydrogen) atoms. The third kappa shape index (κ3) is 5.15. The van der Waals surface area contributed by atoms with Gasteiger partial charge in [0.05, 0.1) is 0 Å². The van der Waals surface area contributed by atoms with Crippen molar-refractivity contribution >= 4 is 5.78 Å². The zero-order valence-electron chi connectivity index (χ0n) is 12.8. The Kier molecular flexibility index (Phi) is 5.74. The van der Waals surface area contributed by atoms with Gasteiger partial charge in [-0.3, -0.25) is 4.79 Å². The van der Waals surface area contributed by atoms with Crippen LogP contribution in [-0.2, 0) is 11.2 Å². The van der Waals surface area contributed by atoms with Crippen molar-refractivity contribution in [3.05, 3.63) is 34.9 Å². The summed E-state index contributed by atoms with van der Waals surface area (Å²) < 4.78 is 0. The summed E-state index contributed by atoms with van der Waals surface area (Å²) in [5.74, 6) is 0.336. The molecule has 0 atom stereocenters. The van der Waals surface area contributed by atoms with Crippen LogP contribution in [0, 0.1) is 19.3 Å². The van der Waals surface area contributed by atoms with Gasteiger partial charge < -0.3 is 5.73 Å². The molecule has 2 N–H and O–H groups in total. The average Bonchev–Trinajstić information content (AvgIpc) is 2.32. The maximum atomic E-state index is 12.1. The van der Waals surface area contributed by atoms with E-state index in [4.69, 9.17) is 5.73 Å². The van der Waals surface area contributed by atoms with E-state index in [9.17, 15) is 4.79 Å². The Morgan fingerprint density at radius 2 is 1.74 bits per heavy atom. The molecule has 0 saturated heterocycles. The number of carbonyl (C=O) groups excluding carboxylic acids is 1. The van der Waals surface area contributed by atoms with E-state index in [0.29, 0.717) is 25.2 Å². The Morgan fingerprint density at radius 1 is 1.16 bits per heavy atom. The third-order valence-corrected chi connectivity index (χ3v) is 3.92. The minimum Gasteiger partial charge on any atom is -0.330 e. The van der Waals surface area contributed by atoms with E-state index in [1.165, 1.54) is 16.7 Å². The molecule has 0 aliphatic heterocycles. The van der Waals surface area contributed by atoms with E-state index in [1.807, 2.05) is 6.07 Å². The number of benzene rings is 1. The van der Waals surface area contributed by atoms with E-state index < -0.39 is 0 Å². The fraction of sp³-hybridized carbons (Fsp3) is 0.588. The molecule has 0 bridgehead atoms. The lowest BCUT2D eigenvalue weighted by Crippen LogP contribution is -2.19. The average molecular weight is 261 g/mol. The number of ketones is 1. The molecule has 0 spiro atoms. The van der Waals surface area contributed by atoms with Crippen LogP contribution in [0.25, 0.3) is 0 Å². The second kappa shape index (κ2) is 6.85. The van der Waals surface area contributed by atoms with Crippen molar-refractivity contribution in [1.82, 2.24) is 0 Å². The number of hydrogen-bond acceptors (Lipinski definition) is 2. The van der Waals surface area contributed by atoms with Crippen LogP contribution >= 0.6 is 0 Å². The first-order chi connectivity index (χ1) is 8.85. The fourth-order valence-electron chi connectivity index (χ4n) is 2.41. The lowest BCUT2D eigenvalue weighted by molar-refractivity contribution is -0.119. The Bertz CT molecular complexity index is 415. The molecular formula is C17H27NO. The van der Waals surface area contributed by atoms with Gasteiger partial charge in [0, 0.05) is 12.8 Å². The highest BCUT2D eigenvalue weighted by Crippen LogP contribution is 2.26. The van der Waals surface area contributed by atoms with Gasteiger partial charge in [0.15, 0.2) is 0 Å². The van der Waals surface area contributed by atoms with Crippen molar-refractivity contribution in [3.63, 3.8) is 0 Å².